The summed E-state index contributed by atoms with van der Waals surface area (Å²) in [5, 5.41) is 9.56. The smallest absolute Gasteiger partial charge is 0.112 e. The van der Waals surface area contributed by atoms with E-state index in [2.05, 4.69) is 18.4 Å². The SMILES string of the molecule is CC(C)(CO)c1nc(C2CC2)n2c1CCCC2. The zero-order valence-corrected chi connectivity index (χ0v) is 10.9. The molecule has 2 heterocycles. The molecule has 0 atom stereocenters. The molecule has 1 N–H and O–H groups in total. The first-order valence-corrected chi connectivity index (χ1v) is 6.84. The maximum Gasteiger partial charge on any atom is 0.112 e. The van der Waals surface area contributed by atoms with Gasteiger partial charge in [0, 0.05) is 23.6 Å². The fourth-order valence-electron chi connectivity index (χ4n) is 2.84. The molecular weight excluding hydrogens is 212 g/mol. The summed E-state index contributed by atoms with van der Waals surface area (Å²) in [6.07, 6.45) is 6.29. The topological polar surface area (TPSA) is 38.1 Å². The van der Waals surface area contributed by atoms with E-state index in [1.165, 1.54) is 37.2 Å². The van der Waals surface area contributed by atoms with E-state index in [0.29, 0.717) is 5.92 Å². The van der Waals surface area contributed by atoms with Crippen LogP contribution < -0.4 is 0 Å². The van der Waals surface area contributed by atoms with Crippen LogP contribution in [0.25, 0.3) is 0 Å². The molecular formula is C14H22N2O. The average Bonchev–Trinajstić information content (AvgIpc) is 3.10. The highest BCUT2D eigenvalue weighted by Gasteiger charge is 2.35. The normalized spacial score (nSPS) is 20.4. The number of nitrogens with zero attached hydrogens (tertiary/aromatic N) is 2. The zero-order valence-electron chi connectivity index (χ0n) is 10.9. The van der Waals surface area contributed by atoms with Gasteiger partial charge in [0.1, 0.15) is 5.82 Å². The van der Waals surface area contributed by atoms with E-state index in [1.807, 2.05) is 0 Å². The Morgan fingerprint density at radius 3 is 2.76 bits per heavy atom. The first-order valence-electron chi connectivity index (χ1n) is 6.84. The fraction of sp³-hybridized carbons (Fsp3) is 0.786. The van der Waals surface area contributed by atoms with Gasteiger partial charge in [-0.2, -0.15) is 0 Å². The van der Waals surface area contributed by atoms with Crippen molar-refractivity contribution >= 4 is 0 Å². The maximum absolute atomic E-state index is 9.56. The Hall–Kier alpha value is -0.830. The van der Waals surface area contributed by atoms with Crippen LogP contribution in [0.2, 0.25) is 0 Å². The van der Waals surface area contributed by atoms with Gasteiger partial charge in [0.15, 0.2) is 0 Å². The highest BCUT2D eigenvalue weighted by Crippen LogP contribution is 2.42. The highest BCUT2D eigenvalue weighted by atomic mass is 16.3. The van der Waals surface area contributed by atoms with Crippen molar-refractivity contribution in [3.05, 3.63) is 17.2 Å². The van der Waals surface area contributed by atoms with Crippen molar-refractivity contribution in [1.29, 1.82) is 0 Å². The van der Waals surface area contributed by atoms with Crippen molar-refractivity contribution in [1.82, 2.24) is 9.55 Å². The quantitative estimate of drug-likeness (QED) is 0.872. The van der Waals surface area contributed by atoms with Crippen LogP contribution in [-0.2, 0) is 18.4 Å². The second kappa shape index (κ2) is 3.84. The van der Waals surface area contributed by atoms with E-state index in [9.17, 15) is 5.11 Å². The fourth-order valence-corrected chi connectivity index (χ4v) is 2.84. The van der Waals surface area contributed by atoms with E-state index in [4.69, 9.17) is 4.98 Å². The lowest BCUT2D eigenvalue weighted by Gasteiger charge is -2.23. The Bertz CT molecular complexity index is 430. The van der Waals surface area contributed by atoms with Crippen molar-refractivity contribution in [2.45, 2.75) is 63.8 Å². The molecule has 0 spiro atoms. The summed E-state index contributed by atoms with van der Waals surface area (Å²) in [4.78, 5) is 4.90. The zero-order chi connectivity index (χ0) is 12.0. The van der Waals surface area contributed by atoms with Gasteiger partial charge in [-0.1, -0.05) is 13.8 Å². The Morgan fingerprint density at radius 1 is 1.35 bits per heavy atom. The first kappa shape index (κ1) is 11.3. The molecule has 1 aromatic heterocycles. The lowest BCUT2D eigenvalue weighted by Crippen LogP contribution is -2.25. The van der Waals surface area contributed by atoms with Crippen LogP contribution in [0.15, 0.2) is 0 Å². The summed E-state index contributed by atoms with van der Waals surface area (Å²) >= 11 is 0. The molecule has 0 radical (unpaired) electrons. The number of hydrogen-bond acceptors (Lipinski definition) is 2. The highest BCUT2D eigenvalue weighted by molar-refractivity contribution is 5.29. The molecule has 3 rings (SSSR count). The number of imidazole rings is 1. The van der Waals surface area contributed by atoms with Gasteiger partial charge in [-0.25, -0.2) is 4.98 Å². The van der Waals surface area contributed by atoms with Gasteiger partial charge in [-0.15, -0.1) is 0 Å². The van der Waals surface area contributed by atoms with Gasteiger partial charge in [0.25, 0.3) is 0 Å². The van der Waals surface area contributed by atoms with Crippen molar-refractivity contribution in [2.24, 2.45) is 0 Å². The molecule has 94 valence electrons. The van der Waals surface area contributed by atoms with E-state index in [-0.39, 0.29) is 12.0 Å². The molecule has 1 aliphatic heterocycles. The molecule has 0 saturated heterocycles. The molecule has 0 amide bonds. The van der Waals surface area contributed by atoms with Crippen LogP contribution in [-0.4, -0.2) is 21.3 Å². The molecule has 3 nitrogen and oxygen atoms in total. The summed E-state index contributed by atoms with van der Waals surface area (Å²) in [6.45, 7) is 5.51. The predicted octanol–water partition coefficient (Wildman–Crippen LogP) is 2.37. The lowest BCUT2D eigenvalue weighted by atomic mass is 9.87. The van der Waals surface area contributed by atoms with Gasteiger partial charge < -0.3 is 9.67 Å². The molecule has 0 aromatic carbocycles. The van der Waals surface area contributed by atoms with Crippen LogP contribution in [0.5, 0.6) is 0 Å². The molecule has 2 aliphatic rings. The number of hydrogen-bond donors (Lipinski definition) is 1. The van der Waals surface area contributed by atoms with Gasteiger partial charge in [-0.05, 0) is 32.1 Å². The molecule has 0 unspecified atom stereocenters. The minimum Gasteiger partial charge on any atom is -0.395 e. The number of fused-ring (bicyclic) bond motifs is 1. The van der Waals surface area contributed by atoms with Crippen molar-refractivity contribution < 1.29 is 5.11 Å². The molecule has 17 heavy (non-hydrogen) atoms. The molecule has 3 heteroatoms. The van der Waals surface area contributed by atoms with Crippen LogP contribution >= 0.6 is 0 Å². The van der Waals surface area contributed by atoms with Gasteiger partial charge in [0.2, 0.25) is 0 Å². The Kier molecular flexibility index (Phi) is 2.54. The van der Waals surface area contributed by atoms with E-state index in [0.717, 1.165) is 18.7 Å². The van der Waals surface area contributed by atoms with E-state index >= 15 is 0 Å². The minimum atomic E-state index is -0.193. The Labute approximate surface area is 103 Å². The standard InChI is InChI=1S/C14H22N2O/c1-14(2,9-17)12-11-5-3-4-8-16(11)13(15-12)10-6-7-10/h10,17H,3-9H2,1-2H3. The van der Waals surface area contributed by atoms with Crippen molar-refractivity contribution in [2.75, 3.05) is 6.61 Å². The second-order valence-corrected chi connectivity index (χ2v) is 6.19. The maximum atomic E-state index is 9.56. The van der Waals surface area contributed by atoms with Gasteiger partial charge in [-0.3, -0.25) is 0 Å². The second-order valence-electron chi connectivity index (χ2n) is 6.19. The largest absolute Gasteiger partial charge is 0.395 e. The first-order chi connectivity index (χ1) is 8.13. The van der Waals surface area contributed by atoms with Gasteiger partial charge in [0.05, 0.1) is 12.3 Å². The Balaban J connectivity index is 2.09. The summed E-state index contributed by atoms with van der Waals surface area (Å²) in [5.41, 5.74) is 2.36. The third-order valence-electron chi connectivity index (χ3n) is 4.13. The van der Waals surface area contributed by atoms with Crippen molar-refractivity contribution in [3.8, 4) is 0 Å². The molecule has 1 saturated carbocycles. The molecule has 0 bridgehead atoms. The van der Waals surface area contributed by atoms with E-state index in [1.54, 1.807) is 0 Å². The predicted molar refractivity (Wildman–Crippen MR) is 67.3 cm³/mol. The van der Waals surface area contributed by atoms with Crippen LogP contribution in [0, 0.1) is 0 Å². The number of aliphatic hydroxyl groups is 1. The summed E-state index contributed by atoms with van der Waals surface area (Å²) in [5.74, 6) is 2.01. The third kappa shape index (κ3) is 1.81. The molecule has 1 fully saturated rings. The number of aromatic nitrogens is 2. The summed E-state index contributed by atoms with van der Waals surface area (Å²) < 4.78 is 2.45. The number of rotatable bonds is 3. The lowest BCUT2D eigenvalue weighted by molar-refractivity contribution is 0.214. The Morgan fingerprint density at radius 2 is 2.12 bits per heavy atom. The molecule has 1 aromatic rings. The molecule has 1 aliphatic carbocycles. The van der Waals surface area contributed by atoms with Gasteiger partial charge >= 0.3 is 0 Å². The number of aliphatic hydroxyl groups excluding tert-OH is 1. The summed E-state index contributed by atoms with van der Waals surface area (Å²) in [7, 11) is 0. The monoisotopic (exact) mass is 234 g/mol. The van der Waals surface area contributed by atoms with Crippen molar-refractivity contribution in [3.63, 3.8) is 0 Å². The van der Waals surface area contributed by atoms with E-state index < -0.39 is 0 Å². The van der Waals surface area contributed by atoms with Crippen LogP contribution in [0.4, 0.5) is 0 Å². The minimum absolute atomic E-state index is 0.182. The van der Waals surface area contributed by atoms with Crippen LogP contribution in [0.1, 0.15) is 62.7 Å². The average molecular weight is 234 g/mol. The van der Waals surface area contributed by atoms with Crippen LogP contribution in [0.3, 0.4) is 0 Å². The summed E-state index contributed by atoms with van der Waals surface area (Å²) in [6, 6.07) is 0. The third-order valence-corrected chi connectivity index (χ3v) is 4.13.